The first-order chi connectivity index (χ1) is 20.6. The van der Waals surface area contributed by atoms with Gasteiger partial charge in [0.25, 0.3) is 6.01 Å². The smallest absolute Gasteiger partial charge is 0.418 e. The van der Waals surface area contributed by atoms with Crippen molar-refractivity contribution in [2.75, 3.05) is 61.1 Å². The van der Waals surface area contributed by atoms with E-state index < -0.39 is 36.0 Å². The standard InChI is InChI=1S/C30H31F3N4O6/c31-30(32,33)22-9-17(3-6-25(22)36-7-1-2-8-36)24(11-26(39)21(14-38)28(40)41)34-20-4-5-23-27(10-20)43-29(35-23)37-12-18-15-42-16-19(18)13-37/h3-6,9-11,18-19,21,34,38H,1-2,7-8,12-16H2,(H,40,41). The minimum atomic E-state index is -4.67. The van der Waals surface area contributed by atoms with Crippen molar-refractivity contribution in [3.05, 3.63) is 53.6 Å². The molecule has 10 nitrogen and oxygen atoms in total. The third-order valence-electron chi connectivity index (χ3n) is 8.34. The first-order valence-electron chi connectivity index (χ1n) is 14.2. The van der Waals surface area contributed by atoms with E-state index in [-0.39, 0.29) is 16.9 Å². The number of carboxylic acids is 1. The third kappa shape index (κ3) is 5.91. The van der Waals surface area contributed by atoms with Crippen molar-refractivity contribution >= 4 is 45.9 Å². The first kappa shape index (κ1) is 29.0. The zero-order valence-electron chi connectivity index (χ0n) is 23.1. The fraction of sp³-hybridized carbons (Fsp3) is 0.433. The molecule has 3 fully saturated rings. The highest BCUT2D eigenvalue weighted by Gasteiger charge is 2.39. The average Bonchev–Trinajstić information content (AvgIpc) is 3.76. The van der Waals surface area contributed by atoms with E-state index in [2.05, 4.69) is 15.2 Å². The highest BCUT2D eigenvalue weighted by Crippen LogP contribution is 2.40. The Hall–Kier alpha value is -4.10. The summed E-state index contributed by atoms with van der Waals surface area (Å²) < 4.78 is 54.3. The Kier molecular flexibility index (Phi) is 7.77. The molecule has 4 heterocycles. The van der Waals surface area contributed by atoms with Gasteiger partial charge in [-0.25, -0.2) is 0 Å². The number of carboxylic acid groups (broad SMARTS) is 1. The summed E-state index contributed by atoms with van der Waals surface area (Å²) in [7, 11) is 0. The number of aliphatic hydroxyl groups excluding tert-OH is 1. The molecule has 43 heavy (non-hydrogen) atoms. The summed E-state index contributed by atoms with van der Waals surface area (Å²) in [6.07, 6.45) is -2.18. The average molecular weight is 601 g/mol. The van der Waals surface area contributed by atoms with Gasteiger partial charge in [0.1, 0.15) is 11.4 Å². The molecule has 3 N–H and O–H groups in total. The molecule has 3 aliphatic heterocycles. The SMILES string of the molecule is O=C(O)C(CO)C(=O)C=C(Nc1ccc2nc(N3CC4COCC4C3)oc2c1)c1ccc(N2CCCC2)c(C(F)(F)F)c1. The van der Waals surface area contributed by atoms with Gasteiger partial charge in [0, 0.05) is 67.2 Å². The Balaban J connectivity index is 1.34. The van der Waals surface area contributed by atoms with Crippen LogP contribution in [-0.4, -0.2) is 72.9 Å². The Bertz CT molecular complexity index is 1550. The molecule has 0 saturated carbocycles. The van der Waals surface area contributed by atoms with Crippen LogP contribution in [-0.2, 0) is 20.5 Å². The van der Waals surface area contributed by atoms with Crippen LogP contribution in [0.15, 0.2) is 46.9 Å². The van der Waals surface area contributed by atoms with Gasteiger partial charge in [0.2, 0.25) is 0 Å². The number of halogens is 3. The van der Waals surface area contributed by atoms with Crippen LogP contribution in [0, 0.1) is 17.8 Å². The van der Waals surface area contributed by atoms with Crippen LogP contribution in [0.3, 0.4) is 0 Å². The number of ether oxygens (including phenoxy) is 1. The summed E-state index contributed by atoms with van der Waals surface area (Å²) in [6.45, 7) is 2.99. The first-order valence-corrected chi connectivity index (χ1v) is 14.2. The molecule has 2 aromatic carbocycles. The lowest BCUT2D eigenvalue weighted by Gasteiger charge is -2.24. The number of ketones is 1. The molecule has 3 aromatic rings. The molecule has 0 amide bonds. The van der Waals surface area contributed by atoms with Crippen molar-refractivity contribution in [1.82, 2.24) is 4.98 Å². The van der Waals surface area contributed by atoms with Crippen LogP contribution in [0.4, 0.5) is 30.6 Å². The Morgan fingerprint density at radius 2 is 1.79 bits per heavy atom. The maximum Gasteiger partial charge on any atom is 0.418 e. The van der Waals surface area contributed by atoms with Crippen LogP contribution in [0.5, 0.6) is 0 Å². The topological polar surface area (TPSA) is 128 Å². The Labute approximate surface area is 244 Å². The summed E-state index contributed by atoms with van der Waals surface area (Å²) >= 11 is 0. The molecule has 6 rings (SSSR count). The van der Waals surface area contributed by atoms with Gasteiger partial charge in [-0.05, 0) is 42.7 Å². The fourth-order valence-corrected chi connectivity index (χ4v) is 6.01. The molecule has 0 aliphatic carbocycles. The third-order valence-corrected chi connectivity index (χ3v) is 8.34. The molecule has 3 unspecified atom stereocenters. The van der Waals surface area contributed by atoms with Gasteiger partial charge in [-0.3, -0.25) is 9.59 Å². The van der Waals surface area contributed by atoms with Gasteiger partial charge < -0.3 is 34.5 Å². The van der Waals surface area contributed by atoms with Gasteiger partial charge in [0.05, 0.1) is 25.4 Å². The van der Waals surface area contributed by atoms with E-state index in [0.717, 1.165) is 38.1 Å². The van der Waals surface area contributed by atoms with Crippen LogP contribution in [0.25, 0.3) is 16.8 Å². The number of anilines is 3. The number of rotatable bonds is 9. The van der Waals surface area contributed by atoms with E-state index in [1.54, 1.807) is 23.1 Å². The van der Waals surface area contributed by atoms with E-state index in [4.69, 9.17) is 9.15 Å². The van der Waals surface area contributed by atoms with E-state index in [1.165, 1.54) is 12.1 Å². The molecule has 3 atom stereocenters. The van der Waals surface area contributed by atoms with Crippen molar-refractivity contribution in [1.29, 1.82) is 0 Å². The second kappa shape index (κ2) is 11.5. The lowest BCUT2D eigenvalue weighted by atomic mass is 10.00. The number of hydrogen-bond acceptors (Lipinski definition) is 9. The summed E-state index contributed by atoms with van der Waals surface area (Å²) in [6, 6.07) is 9.20. The number of aliphatic hydroxyl groups is 1. The Morgan fingerprint density at radius 1 is 1.07 bits per heavy atom. The second-order valence-corrected chi connectivity index (χ2v) is 11.2. The monoisotopic (exact) mass is 600 g/mol. The summed E-state index contributed by atoms with van der Waals surface area (Å²) in [5, 5.41) is 21.8. The van der Waals surface area contributed by atoms with Crippen molar-refractivity contribution in [2.45, 2.75) is 19.0 Å². The minimum absolute atomic E-state index is 0.0230. The molecule has 3 saturated heterocycles. The molecule has 3 aliphatic rings. The molecule has 1 aromatic heterocycles. The quantitative estimate of drug-likeness (QED) is 0.242. The number of aromatic nitrogens is 1. The number of carbonyl (C=O) groups excluding carboxylic acids is 1. The summed E-state index contributed by atoms with van der Waals surface area (Å²) in [5.74, 6) is -3.45. The summed E-state index contributed by atoms with van der Waals surface area (Å²) in [4.78, 5) is 32.7. The molecule has 0 spiro atoms. The minimum Gasteiger partial charge on any atom is -0.481 e. The number of hydrogen-bond donors (Lipinski definition) is 3. The molecule has 0 radical (unpaired) electrons. The molecule has 13 heteroatoms. The highest BCUT2D eigenvalue weighted by molar-refractivity contribution is 6.09. The number of fused-ring (bicyclic) bond motifs is 2. The van der Waals surface area contributed by atoms with Crippen LogP contribution in [0.1, 0.15) is 24.0 Å². The van der Waals surface area contributed by atoms with Gasteiger partial charge in [-0.1, -0.05) is 6.07 Å². The van der Waals surface area contributed by atoms with Crippen LogP contribution in [0.2, 0.25) is 0 Å². The largest absolute Gasteiger partial charge is 0.481 e. The lowest BCUT2D eigenvalue weighted by molar-refractivity contribution is -0.146. The highest BCUT2D eigenvalue weighted by atomic mass is 19.4. The molecular formula is C30H31F3N4O6. The number of nitrogens with zero attached hydrogens (tertiary/aromatic N) is 3. The van der Waals surface area contributed by atoms with E-state index in [0.29, 0.717) is 60.9 Å². The number of nitrogens with one attached hydrogen (secondary N) is 1. The lowest BCUT2D eigenvalue weighted by Crippen LogP contribution is -2.26. The predicted octanol–water partition coefficient (Wildman–Crippen LogP) is 4.24. The van der Waals surface area contributed by atoms with Crippen molar-refractivity contribution in [3.63, 3.8) is 0 Å². The number of benzene rings is 2. The van der Waals surface area contributed by atoms with Gasteiger partial charge in [-0.2, -0.15) is 18.2 Å². The second-order valence-electron chi connectivity index (χ2n) is 11.2. The zero-order valence-corrected chi connectivity index (χ0v) is 23.1. The fourth-order valence-electron chi connectivity index (χ4n) is 6.01. The van der Waals surface area contributed by atoms with Crippen molar-refractivity contribution < 1.29 is 42.1 Å². The molecule has 0 bridgehead atoms. The van der Waals surface area contributed by atoms with Gasteiger partial charge in [-0.15, -0.1) is 0 Å². The Morgan fingerprint density at radius 3 is 2.44 bits per heavy atom. The number of oxazole rings is 1. The molecule has 228 valence electrons. The number of allylic oxidation sites excluding steroid dienone is 1. The van der Waals surface area contributed by atoms with E-state index in [1.807, 2.05) is 0 Å². The van der Waals surface area contributed by atoms with Gasteiger partial charge >= 0.3 is 12.1 Å². The number of carbonyl (C=O) groups is 2. The number of aliphatic carboxylic acids is 1. The van der Waals surface area contributed by atoms with Crippen LogP contribution >= 0.6 is 0 Å². The molecular weight excluding hydrogens is 569 g/mol. The van der Waals surface area contributed by atoms with E-state index in [9.17, 15) is 33.0 Å². The zero-order chi connectivity index (χ0) is 30.3. The maximum atomic E-state index is 14.2. The van der Waals surface area contributed by atoms with Crippen molar-refractivity contribution in [3.8, 4) is 0 Å². The van der Waals surface area contributed by atoms with Crippen molar-refractivity contribution in [2.24, 2.45) is 17.8 Å². The maximum absolute atomic E-state index is 14.2. The van der Waals surface area contributed by atoms with Crippen LogP contribution < -0.4 is 15.1 Å². The normalized spacial score (nSPS) is 21.4. The van der Waals surface area contributed by atoms with Gasteiger partial charge in [0.15, 0.2) is 11.4 Å². The number of alkyl halides is 3. The van der Waals surface area contributed by atoms with E-state index >= 15 is 0 Å². The predicted molar refractivity (Wildman–Crippen MR) is 152 cm³/mol. The summed E-state index contributed by atoms with van der Waals surface area (Å²) in [5.41, 5.74) is 0.541.